The van der Waals surface area contributed by atoms with Crippen LogP contribution in [0.3, 0.4) is 0 Å². The van der Waals surface area contributed by atoms with E-state index in [9.17, 15) is 9.90 Å². The number of anilines is 1. The maximum Gasteiger partial charge on any atom is 0.267 e. The molecule has 0 spiro atoms. The maximum absolute atomic E-state index is 13.0. The number of rotatable bonds is 4. The van der Waals surface area contributed by atoms with Crippen molar-refractivity contribution in [1.29, 1.82) is 0 Å². The second kappa shape index (κ2) is 8.34. The van der Waals surface area contributed by atoms with Crippen molar-refractivity contribution in [3.63, 3.8) is 0 Å². The molecule has 0 aliphatic carbocycles. The number of benzene rings is 3. The Morgan fingerprint density at radius 2 is 1.62 bits per heavy atom. The lowest BCUT2D eigenvalue weighted by Gasteiger charge is -2.17. The molecule has 0 unspecified atom stereocenters. The van der Waals surface area contributed by atoms with Gasteiger partial charge in [-0.15, -0.1) is 11.3 Å². The van der Waals surface area contributed by atoms with E-state index in [1.165, 1.54) is 11.3 Å². The van der Waals surface area contributed by atoms with Gasteiger partial charge in [-0.1, -0.05) is 71.2 Å². The molecule has 0 saturated heterocycles. The predicted octanol–water partition coefficient (Wildman–Crippen LogP) is 7.20. The van der Waals surface area contributed by atoms with Gasteiger partial charge in [0.15, 0.2) is 0 Å². The van der Waals surface area contributed by atoms with Crippen molar-refractivity contribution < 1.29 is 9.90 Å². The van der Waals surface area contributed by atoms with Gasteiger partial charge in [-0.25, -0.2) is 0 Å². The fourth-order valence-corrected chi connectivity index (χ4v) is 4.92. The van der Waals surface area contributed by atoms with E-state index < -0.39 is 6.10 Å². The Morgan fingerprint density at radius 3 is 2.38 bits per heavy atom. The molecule has 4 rings (SSSR count). The molecular weight excluding hydrogens is 449 g/mol. The molecule has 1 aromatic heterocycles. The highest BCUT2D eigenvalue weighted by molar-refractivity contribution is 7.21. The van der Waals surface area contributed by atoms with E-state index in [0.717, 1.165) is 10.1 Å². The van der Waals surface area contributed by atoms with E-state index >= 15 is 0 Å². The summed E-state index contributed by atoms with van der Waals surface area (Å²) in [5.74, 6) is -0.365. The topological polar surface area (TPSA) is 49.3 Å². The number of hydrogen-bond acceptors (Lipinski definition) is 3. The molecule has 4 aromatic rings. The number of thiophene rings is 1. The molecule has 146 valence electrons. The number of carbonyl (C=O) groups excluding carboxylic acids is 1. The van der Waals surface area contributed by atoms with E-state index in [1.807, 2.05) is 30.3 Å². The van der Waals surface area contributed by atoms with Crippen LogP contribution >= 0.6 is 46.1 Å². The zero-order chi connectivity index (χ0) is 20.5. The molecule has 1 atom stereocenters. The number of carbonyl (C=O) groups is 1. The van der Waals surface area contributed by atoms with Crippen LogP contribution in [0.4, 0.5) is 5.69 Å². The molecule has 0 aliphatic rings. The number of aliphatic hydroxyl groups is 1. The Kier molecular flexibility index (Phi) is 5.81. The van der Waals surface area contributed by atoms with Crippen molar-refractivity contribution >= 4 is 67.8 Å². The van der Waals surface area contributed by atoms with Crippen molar-refractivity contribution in [2.75, 3.05) is 5.32 Å². The van der Waals surface area contributed by atoms with E-state index in [0.29, 0.717) is 36.8 Å². The number of nitrogens with one attached hydrogen (secondary N) is 1. The minimum absolute atomic E-state index is 0.365. The molecule has 0 radical (unpaired) electrons. The van der Waals surface area contributed by atoms with Crippen LogP contribution in [0.2, 0.25) is 15.1 Å². The third kappa shape index (κ3) is 4.13. The average Bonchev–Trinajstić information content (AvgIpc) is 3.05. The first-order valence-electron chi connectivity index (χ1n) is 8.65. The van der Waals surface area contributed by atoms with E-state index in [-0.39, 0.29) is 5.91 Å². The summed E-state index contributed by atoms with van der Waals surface area (Å²) in [6, 6.07) is 19.4. The molecule has 3 aromatic carbocycles. The highest BCUT2D eigenvalue weighted by Gasteiger charge is 2.21. The van der Waals surface area contributed by atoms with Gasteiger partial charge in [0, 0.05) is 31.4 Å². The van der Waals surface area contributed by atoms with Gasteiger partial charge in [-0.2, -0.15) is 0 Å². The zero-order valence-electron chi connectivity index (χ0n) is 14.8. The van der Waals surface area contributed by atoms with Crippen LogP contribution < -0.4 is 5.32 Å². The Hall–Kier alpha value is -2.08. The number of halogens is 3. The first-order chi connectivity index (χ1) is 13.9. The van der Waals surface area contributed by atoms with Crippen molar-refractivity contribution in [2.24, 2.45) is 0 Å². The van der Waals surface area contributed by atoms with E-state index in [1.54, 1.807) is 36.4 Å². The molecular formula is C22H14Cl3NO2S. The van der Waals surface area contributed by atoms with Crippen molar-refractivity contribution in [1.82, 2.24) is 0 Å². The predicted molar refractivity (Wildman–Crippen MR) is 122 cm³/mol. The van der Waals surface area contributed by atoms with Gasteiger partial charge in [-0.05, 0) is 35.9 Å². The lowest BCUT2D eigenvalue weighted by Crippen LogP contribution is -2.14. The molecule has 0 saturated carbocycles. The minimum atomic E-state index is -0.943. The van der Waals surface area contributed by atoms with Gasteiger partial charge in [0.25, 0.3) is 5.91 Å². The summed E-state index contributed by atoms with van der Waals surface area (Å²) in [4.78, 5) is 13.3. The second-order valence-electron chi connectivity index (χ2n) is 6.38. The third-order valence-electron chi connectivity index (χ3n) is 4.47. The summed E-state index contributed by atoms with van der Waals surface area (Å²) >= 11 is 19.9. The van der Waals surface area contributed by atoms with Crippen molar-refractivity contribution in [3.05, 3.63) is 97.8 Å². The van der Waals surface area contributed by atoms with Gasteiger partial charge in [0.05, 0.1) is 5.02 Å². The number of hydrogen-bond donors (Lipinski definition) is 2. The molecule has 7 heteroatoms. The van der Waals surface area contributed by atoms with Crippen LogP contribution in [0.5, 0.6) is 0 Å². The van der Waals surface area contributed by atoms with Crippen LogP contribution in [0.15, 0.2) is 66.7 Å². The minimum Gasteiger partial charge on any atom is -0.384 e. The summed E-state index contributed by atoms with van der Waals surface area (Å²) in [6.45, 7) is 0. The molecule has 0 aliphatic heterocycles. The molecule has 2 N–H and O–H groups in total. The van der Waals surface area contributed by atoms with Gasteiger partial charge in [-0.3, -0.25) is 4.79 Å². The Bertz CT molecular complexity index is 1210. The fraction of sp³-hybridized carbons (Fsp3) is 0.0455. The number of aliphatic hydroxyl groups excluding tert-OH is 1. The Morgan fingerprint density at radius 1 is 0.931 bits per heavy atom. The van der Waals surface area contributed by atoms with Crippen LogP contribution in [0.25, 0.3) is 10.1 Å². The third-order valence-corrected chi connectivity index (χ3v) is 6.60. The second-order valence-corrected chi connectivity index (χ2v) is 8.69. The Labute approximate surface area is 186 Å². The largest absolute Gasteiger partial charge is 0.384 e. The molecule has 0 bridgehead atoms. The van der Waals surface area contributed by atoms with E-state index in [4.69, 9.17) is 34.8 Å². The maximum atomic E-state index is 13.0. The smallest absolute Gasteiger partial charge is 0.267 e. The molecule has 29 heavy (non-hydrogen) atoms. The molecule has 3 nitrogen and oxygen atoms in total. The molecule has 0 fully saturated rings. The van der Waals surface area contributed by atoms with Crippen LogP contribution in [0, 0.1) is 0 Å². The van der Waals surface area contributed by atoms with Crippen molar-refractivity contribution in [3.8, 4) is 0 Å². The number of amides is 1. The highest BCUT2D eigenvalue weighted by Crippen LogP contribution is 2.38. The molecule has 1 amide bonds. The molecule has 1 heterocycles. The SMILES string of the molecule is O=C(Nc1ccc(Cl)cc1[C@H](O)c1ccccc1)c1sc2cc(Cl)ccc2c1Cl. The first kappa shape index (κ1) is 20.2. The lowest BCUT2D eigenvalue weighted by molar-refractivity contribution is 0.103. The van der Waals surface area contributed by atoms with Gasteiger partial charge >= 0.3 is 0 Å². The number of fused-ring (bicyclic) bond motifs is 1. The lowest BCUT2D eigenvalue weighted by atomic mass is 10.00. The van der Waals surface area contributed by atoms with Gasteiger partial charge in [0.1, 0.15) is 11.0 Å². The highest BCUT2D eigenvalue weighted by atomic mass is 35.5. The first-order valence-corrected chi connectivity index (χ1v) is 10.6. The quantitative estimate of drug-likeness (QED) is 0.337. The average molecular weight is 463 g/mol. The summed E-state index contributed by atoms with van der Waals surface area (Å²) < 4.78 is 0.827. The normalized spacial score (nSPS) is 12.1. The van der Waals surface area contributed by atoms with Crippen LogP contribution in [-0.4, -0.2) is 11.0 Å². The standard InChI is InChI=1S/C22H14Cl3NO2S/c23-13-7-9-17(16(10-13)20(27)12-4-2-1-3-5-12)26-22(28)21-19(25)15-8-6-14(24)11-18(15)29-21/h1-11,20,27H,(H,26,28)/t20-/m1/s1. The van der Waals surface area contributed by atoms with Gasteiger partial charge < -0.3 is 10.4 Å². The van der Waals surface area contributed by atoms with Crippen LogP contribution in [-0.2, 0) is 0 Å². The van der Waals surface area contributed by atoms with Crippen LogP contribution in [0.1, 0.15) is 26.9 Å². The summed E-state index contributed by atoms with van der Waals surface area (Å²) in [6.07, 6.45) is -0.943. The van der Waals surface area contributed by atoms with Crippen molar-refractivity contribution in [2.45, 2.75) is 6.10 Å². The monoisotopic (exact) mass is 461 g/mol. The van der Waals surface area contributed by atoms with Gasteiger partial charge in [0.2, 0.25) is 0 Å². The zero-order valence-corrected chi connectivity index (χ0v) is 17.9. The summed E-state index contributed by atoms with van der Waals surface area (Å²) in [5, 5.41) is 15.9. The summed E-state index contributed by atoms with van der Waals surface area (Å²) in [7, 11) is 0. The summed E-state index contributed by atoms with van der Waals surface area (Å²) in [5.41, 5.74) is 1.65. The fourth-order valence-electron chi connectivity index (χ4n) is 3.05. The Balaban J connectivity index is 1.70. The van der Waals surface area contributed by atoms with E-state index in [2.05, 4.69) is 5.32 Å².